The number of hydrogen-bond acceptors (Lipinski definition) is 1. The van der Waals surface area contributed by atoms with E-state index in [0.29, 0.717) is 0 Å². The molecular formula is C17H15BrO. The first kappa shape index (κ1) is 12.6. The Balaban J connectivity index is 1.93. The normalized spacial score (nSPS) is 13.9. The zero-order chi connectivity index (χ0) is 13.2. The molecule has 0 N–H and O–H groups in total. The third-order valence-electron chi connectivity index (χ3n) is 3.72. The predicted octanol–water partition coefficient (Wildman–Crippen LogP) is 4.56. The minimum absolute atomic E-state index is 0.112. The van der Waals surface area contributed by atoms with Crippen LogP contribution in [0.25, 0.3) is 0 Å². The summed E-state index contributed by atoms with van der Waals surface area (Å²) in [6, 6.07) is 13.7. The van der Waals surface area contributed by atoms with Crippen molar-refractivity contribution in [2.45, 2.75) is 25.7 Å². The van der Waals surface area contributed by atoms with E-state index >= 15 is 0 Å². The number of carbonyl (C=O) groups is 1. The number of halogens is 1. The van der Waals surface area contributed by atoms with Gasteiger partial charge in [0.1, 0.15) is 0 Å². The van der Waals surface area contributed by atoms with Gasteiger partial charge in [0, 0.05) is 15.6 Å². The zero-order valence-corrected chi connectivity index (χ0v) is 12.2. The van der Waals surface area contributed by atoms with Crippen LogP contribution < -0.4 is 0 Å². The third-order valence-corrected chi connectivity index (χ3v) is 4.25. The molecule has 1 aliphatic carbocycles. The van der Waals surface area contributed by atoms with Crippen molar-refractivity contribution in [1.82, 2.24) is 0 Å². The number of fused-ring (bicyclic) bond motifs is 1. The maximum Gasteiger partial charge on any atom is 0.193 e. The fourth-order valence-electron chi connectivity index (χ4n) is 2.64. The Bertz CT molecular complexity index is 614. The molecule has 0 aromatic heterocycles. The van der Waals surface area contributed by atoms with Gasteiger partial charge in [-0.1, -0.05) is 28.1 Å². The van der Waals surface area contributed by atoms with Crippen LogP contribution in [0.15, 0.2) is 46.9 Å². The summed E-state index contributed by atoms with van der Waals surface area (Å²) < 4.78 is 0.995. The molecule has 2 aromatic carbocycles. The van der Waals surface area contributed by atoms with Crippen molar-refractivity contribution >= 4 is 21.7 Å². The van der Waals surface area contributed by atoms with Crippen LogP contribution in [-0.2, 0) is 12.8 Å². The quantitative estimate of drug-likeness (QED) is 0.743. The molecule has 3 rings (SSSR count). The molecule has 0 saturated carbocycles. The Kier molecular flexibility index (Phi) is 3.52. The topological polar surface area (TPSA) is 17.1 Å². The van der Waals surface area contributed by atoms with Crippen molar-refractivity contribution in [2.75, 3.05) is 0 Å². The van der Waals surface area contributed by atoms with Crippen molar-refractivity contribution in [3.05, 3.63) is 69.2 Å². The van der Waals surface area contributed by atoms with E-state index in [1.165, 1.54) is 24.0 Å². The largest absolute Gasteiger partial charge is 0.289 e. The maximum atomic E-state index is 12.4. The van der Waals surface area contributed by atoms with Crippen molar-refractivity contribution < 1.29 is 4.79 Å². The minimum atomic E-state index is 0.112. The lowest BCUT2D eigenvalue weighted by Crippen LogP contribution is -2.07. The Hall–Kier alpha value is -1.41. The van der Waals surface area contributed by atoms with Gasteiger partial charge in [-0.3, -0.25) is 4.79 Å². The molecule has 0 spiro atoms. The second-order valence-corrected chi connectivity index (χ2v) is 5.94. The molecule has 0 saturated heterocycles. The van der Waals surface area contributed by atoms with Gasteiger partial charge in [0.25, 0.3) is 0 Å². The average molecular weight is 315 g/mol. The van der Waals surface area contributed by atoms with Crippen molar-refractivity contribution in [3.63, 3.8) is 0 Å². The highest BCUT2D eigenvalue weighted by molar-refractivity contribution is 9.10. The summed E-state index contributed by atoms with van der Waals surface area (Å²) in [5, 5.41) is 0. The number of aryl methyl sites for hydroxylation is 2. The van der Waals surface area contributed by atoms with Gasteiger partial charge >= 0.3 is 0 Å². The molecule has 96 valence electrons. The van der Waals surface area contributed by atoms with Crippen LogP contribution in [0.4, 0.5) is 0 Å². The van der Waals surface area contributed by atoms with Gasteiger partial charge in [-0.15, -0.1) is 0 Å². The second-order valence-electron chi connectivity index (χ2n) is 5.03. The minimum Gasteiger partial charge on any atom is -0.289 e. The first-order valence-electron chi connectivity index (χ1n) is 6.66. The summed E-state index contributed by atoms with van der Waals surface area (Å²) in [4.78, 5) is 12.4. The van der Waals surface area contributed by atoms with E-state index in [4.69, 9.17) is 0 Å². The first-order valence-corrected chi connectivity index (χ1v) is 7.45. The molecular weight excluding hydrogens is 300 g/mol. The fraction of sp³-hybridized carbons (Fsp3) is 0.235. The van der Waals surface area contributed by atoms with E-state index in [1.54, 1.807) is 0 Å². The lowest BCUT2D eigenvalue weighted by atomic mass is 9.89. The van der Waals surface area contributed by atoms with Gasteiger partial charge in [-0.25, -0.2) is 0 Å². The summed E-state index contributed by atoms with van der Waals surface area (Å²) in [6.07, 6.45) is 4.77. The van der Waals surface area contributed by atoms with Crippen LogP contribution in [0.5, 0.6) is 0 Å². The van der Waals surface area contributed by atoms with Gasteiger partial charge in [-0.2, -0.15) is 0 Å². The Morgan fingerprint density at radius 3 is 2.21 bits per heavy atom. The van der Waals surface area contributed by atoms with Crippen molar-refractivity contribution in [3.8, 4) is 0 Å². The molecule has 2 heteroatoms. The number of hydrogen-bond donors (Lipinski definition) is 0. The van der Waals surface area contributed by atoms with E-state index in [9.17, 15) is 4.79 Å². The average Bonchev–Trinajstić information content (AvgIpc) is 2.47. The van der Waals surface area contributed by atoms with Gasteiger partial charge in [0.15, 0.2) is 5.78 Å². The molecule has 0 bridgehead atoms. The SMILES string of the molecule is O=C(c1ccc(Br)cc1)c1ccc2c(c1)CCCC2. The molecule has 0 heterocycles. The van der Waals surface area contributed by atoms with Gasteiger partial charge < -0.3 is 0 Å². The highest BCUT2D eigenvalue weighted by atomic mass is 79.9. The number of rotatable bonds is 2. The van der Waals surface area contributed by atoms with Crippen molar-refractivity contribution in [2.24, 2.45) is 0 Å². The zero-order valence-electron chi connectivity index (χ0n) is 10.7. The lowest BCUT2D eigenvalue weighted by Gasteiger charge is -2.16. The number of benzene rings is 2. The fourth-order valence-corrected chi connectivity index (χ4v) is 2.91. The molecule has 2 aromatic rings. The summed E-state index contributed by atoms with van der Waals surface area (Å²) in [5.74, 6) is 0.112. The summed E-state index contributed by atoms with van der Waals surface area (Å²) in [7, 11) is 0. The van der Waals surface area contributed by atoms with Crippen LogP contribution in [0.2, 0.25) is 0 Å². The predicted molar refractivity (Wildman–Crippen MR) is 80.7 cm³/mol. The summed E-state index contributed by atoms with van der Waals surface area (Å²) >= 11 is 3.39. The number of carbonyl (C=O) groups excluding carboxylic acids is 1. The molecule has 0 amide bonds. The third kappa shape index (κ3) is 2.64. The molecule has 0 fully saturated rings. The van der Waals surface area contributed by atoms with Crippen LogP contribution in [0.3, 0.4) is 0 Å². The maximum absolute atomic E-state index is 12.4. The Labute approximate surface area is 121 Å². The van der Waals surface area contributed by atoms with Gasteiger partial charge in [0.05, 0.1) is 0 Å². The van der Waals surface area contributed by atoms with Crippen LogP contribution in [-0.4, -0.2) is 5.78 Å². The monoisotopic (exact) mass is 314 g/mol. The van der Waals surface area contributed by atoms with E-state index in [1.807, 2.05) is 30.3 Å². The molecule has 0 radical (unpaired) electrons. The van der Waals surface area contributed by atoms with Crippen LogP contribution >= 0.6 is 15.9 Å². The molecule has 1 nitrogen and oxygen atoms in total. The van der Waals surface area contributed by atoms with E-state index in [0.717, 1.165) is 28.4 Å². The molecule has 0 atom stereocenters. The highest BCUT2D eigenvalue weighted by Crippen LogP contribution is 2.23. The first-order chi connectivity index (χ1) is 9.24. The highest BCUT2D eigenvalue weighted by Gasteiger charge is 2.14. The molecule has 1 aliphatic rings. The van der Waals surface area contributed by atoms with Crippen LogP contribution in [0, 0.1) is 0 Å². The van der Waals surface area contributed by atoms with E-state index in [-0.39, 0.29) is 5.78 Å². The van der Waals surface area contributed by atoms with Crippen molar-refractivity contribution in [1.29, 1.82) is 0 Å². The smallest absolute Gasteiger partial charge is 0.193 e. The van der Waals surface area contributed by atoms with Crippen LogP contribution in [0.1, 0.15) is 39.9 Å². The Morgan fingerprint density at radius 1 is 0.842 bits per heavy atom. The molecule has 0 unspecified atom stereocenters. The van der Waals surface area contributed by atoms with Gasteiger partial charge in [-0.05, 0) is 67.1 Å². The van der Waals surface area contributed by atoms with E-state index < -0.39 is 0 Å². The number of ketones is 1. The Morgan fingerprint density at radius 2 is 1.47 bits per heavy atom. The standard InChI is InChI=1S/C17H15BrO/c18-16-9-7-13(8-10-16)17(19)15-6-5-12-3-1-2-4-14(12)11-15/h5-11H,1-4H2. The molecule has 0 aliphatic heterocycles. The van der Waals surface area contributed by atoms with E-state index in [2.05, 4.69) is 28.1 Å². The summed E-state index contributed by atoms with van der Waals surface area (Å²) in [5.41, 5.74) is 4.33. The molecule has 19 heavy (non-hydrogen) atoms. The van der Waals surface area contributed by atoms with Gasteiger partial charge in [0.2, 0.25) is 0 Å². The summed E-state index contributed by atoms with van der Waals surface area (Å²) in [6.45, 7) is 0. The second kappa shape index (κ2) is 5.30. The lowest BCUT2D eigenvalue weighted by molar-refractivity contribution is 0.103.